The number of nitrogens with two attached hydrogens (primary N) is 1. The Balaban J connectivity index is 2.32. The van der Waals surface area contributed by atoms with Crippen molar-refractivity contribution in [3.63, 3.8) is 0 Å². The van der Waals surface area contributed by atoms with Crippen molar-refractivity contribution in [2.45, 2.75) is 19.5 Å². The third-order valence-electron chi connectivity index (χ3n) is 2.30. The molecule has 2 rings (SSSR count). The van der Waals surface area contributed by atoms with Gasteiger partial charge in [0.15, 0.2) is 5.76 Å². The first-order valence-electron chi connectivity index (χ1n) is 4.16. The molecule has 4 nitrogen and oxygen atoms in total. The van der Waals surface area contributed by atoms with Crippen LogP contribution in [0.25, 0.3) is 0 Å². The van der Waals surface area contributed by atoms with Crippen LogP contribution in [0, 0.1) is 0 Å². The molecule has 0 fully saturated rings. The SMILES string of the molecule is CN1CCc2c(CN)noc2C1. The van der Waals surface area contributed by atoms with Gasteiger partial charge in [-0.25, -0.2) is 0 Å². The molecule has 12 heavy (non-hydrogen) atoms. The lowest BCUT2D eigenvalue weighted by Crippen LogP contribution is -2.26. The molecule has 0 saturated carbocycles. The molecule has 0 bridgehead atoms. The highest BCUT2D eigenvalue weighted by Crippen LogP contribution is 2.20. The normalized spacial score (nSPS) is 17.8. The van der Waals surface area contributed by atoms with Crippen LogP contribution in [0.15, 0.2) is 4.52 Å². The van der Waals surface area contributed by atoms with Gasteiger partial charge < -0.3 is 10.3 Å². The predicted molar refractivity (Wildman–Crippen MR) is 44.4 cm³/mol. The summed E-state index contributed by atoms with van der Waals surface area (Å²) in [4.78, 5) is 2.22. The van der Waals surface area contributed by atoms with Crippen LogP contribution < -0.4 is 5.73 Å². The maximum Gasteiger partial charge on any atom is 0.154 e. The summed E-state index contributed by atoms with van der Waals surface area (Å²) in [6.45, 7) is 2.42. The van der Waals surface area contributed by atoms with E-state index < -0.39 is 0 Å². The fraction of sp³-hybridized carbons (Fsp3) is 0.625. The molecule has 66 valence electrons. The van der Waals surface area contributed by atoms with E-state index in [1.165, 1.54) is 5.56 Å². The highest BCUT2D eigenvalue weighted by Gasteiger charge is 2.20. The molecule has 1 aromatic heterocycles. The van der Waals surface area contributed by atoms with Crippen LogP contribution in [-0.2, 0) is 19.5 Å². The summed E-state index contributed by atoms with van der Waals surface area (Å²) >= 11 is 0. The van der Waals surface area contributed by atoms with Crippen LogP contribution in [0.3, 0.4) is 0 Å². The van der Waals surface area contributed by atoms with E-state index in [2.05, 4.69) is 17.1 Å². The second-order valence-electron chi connectivity index (χ2n) is 3.22. The minimum absolute atomic E-state index is 0.489. The molecule has 0 aromatic carbocycles. The molecular formula is C8H13N3O. The smallest absolute Gasteiger partial charge is 0.154 e. The van der Waals surface area contributed by atoms with Crippen molar-refractivity contribution in [1.82, 2.24) is 10.1 Å². The number of fused-ring (bicyclic) bond motifs is 1. The van der Waals surface area contributed by atoms with E-state index in [0.717, 1.165) is 31.0 Å². The van der Waals surface area contributed by atoms with Gasteiger partial charge in [0, 0.05) is 18.7 Å². The second kappa shape index (κ2) is 2.88. The minimum Gasteiger partial charge on any atom is -0.359 e. The van der Waals surface area contributed by atoms with Crippen molar-refractivity contribution in [2.24, 2.45) is 5.73 Å². The molecule has 2 N–H and O–H groups in total. The van der Waals surface area contributed by atoms with Crippen molar-refractivity contribution in [2.75, 3.05) is 13.6 Å². The van der Waals surface area contributed by atoms with E-state index in [4.69, 9.17) is 10.3 Å². The molecule has 0 spiro atoms. The highest BCUT2D eigenvalue weighted by molar-refractivity contribution is 5.25. The van der Waals surface area contributed by atoms with Crippen LogP contribution in [0.2, 0.25) is 0 Å². The average molecular weight is 167 g/mol. The fourth-order valence-corrected chi connectivity index (χ4v) is 1.58. The van der Waals surface area contributed by atoms with E-state index in [1.54, 1.807) is 0 Å². The van der Waals surface area contributed by atoms with Gasteiger partial charge in [0.05, 0.1) is 6.54 Å². The predicted octanol–water partition coefficient (Wildman–Crippen LogP) is 0.121. The number of likely N-dealkylation sites (N-methyl/N-ethyl adjacent to an activating group) is 1. The summed E-state index contributed by atoms with van der Waals surface area (Å²) in [7, 11) is 2.08. The average Bonchev–Trinajstić information content (AvgIpc) is 2.46. The Morgan fingerprint density at radius 2 is 2.50 bits per heavy atom. The van der Waals surface area contributed by atoms with E-state index in [0.29, 0.717) is 6.54 Å². The zero-order valence-corrected chi connectivity index (χ0v) is 7.21. The molecule has 1 aliphatic heterocycles. The molecular weight excluding hydrogens is 154 g/mol. The monoisotopic (exact) mass is 167 g/mol. The number of nitrogens with zero attached hydrogens (tertiary/aromatic N) is 2. The first kappa shape index (κ1) is 7.76. The van der Waals surface area contributed by atoms with Gasteiger partial charge in [0.2, 0.25) is 0 Å². The Bertz CT molecular complexity index is 282. The maximum absolute atomic E-state index is 5.52. The molecule has 1 aromatic rings. The zero-order chi connectivity index (χ0) is 8.55. The van der Waals surface area contributed by atoms with Gasteiger partial charge >= 0.3 is 0 Å². The molecule has 0 amide bonds. The van der Waals surface area contributed by atoms with Gasteiger partial charge in [0.25, 0.3) is 0 Å². The van der Waals surface area contributed by atoms with Gasteiger partial charge in [-0.2, -0.15) is 0 Å². The molecule has 1 aliphatic rings. The highest BCUT2D eigenvalue weighted by atomic mass is 16.5. The topological polar surface area (TPSA) is 55.3 Å². The summed E-state index contributed by atoms with van der Waals surface area (Å²) in [5, 5.41) is 3.92. The Morgan fingerprint density at radius 3 is 3.25 bits per heavy atom. The minimum atomic E-state index is 0.489. The summed E-state index contributed by atoms with van der Waals surface area (Å²) in [6, 6.07) is 0. The quantitative estimate of drug-likeness (QED) is 0.645. The molecule has 0 radical (unpaired) electrons. The van der Waals surface area contributed by atoms with Gasteiger partial charge in [-0.05, 0) is 13.5 Å². The standard InChI is InChI=1S/C8H13N3O/c1-11-3-2-6-7(4-9)10-12-8(6)5-11/h2-5,9H2,1H3. The van der Waals surface area contributed by atoms with Gasteiger partial charge in [0.1, 0.15) is 5.69 Å². The van der Waals surface area contributed by atoms with E-state index in [9.17, 15) is 0 Å². The maximum atomic E-state index is 5.52. The molecule has 0 aliphatic carbocycles. The lowest BCUT2D eigenvalue weighted by molar-refractivity contribution is 0.257. The summed E-state index contributed by atoms with van der Waals surface area (Å²) in [6.07, 6.45) is 1.02. The summed E-state index contributed by atoms with van der Waals surface area (Å²) in [5.74, 6) is 0.990. The second-order valence-corrected chi connectivity index (χ2v) is 3.22. The molecule has 4 heteroatoms. The van der Waals surface area contributed by atoms with Gasteiger partial charge in [-0.1, -0.05) is 5.16 Å². The van der Waals surface area contributed by atoms with Crippen LogP contribution in [-0.4, -0.2) is 23.6 Å². The number of aromatic nitrogens is 1. The van der Waals surface area contributed by atoms with E-state index in [-0.39, 0.29) is 0 Å². The first-order chi connectivity index (χ1) is 5.81. The Kier molecular flexibility index (Phi) is 1.86. The summed E-state index contributed by atoms with van der Waals surface area (Å²) < 4.78 is 5.18. The first-order valence-corrected chi connectivity index (χ1v) is 4.16. The van der Waals surface area contributed by atoms with Crippen molar-refractivity contribution >= 4 is 0 Å². The largest absolute Gasteiger partial charge is 0.359 e. The number of hydrogen-bond donors (Lipinski definition) is 1. The lowest BCUT2D eigenvalue weighted by Gasteiger charge is -2.20. The van der Waals surface area contributed by atoms with Crippen LogP contribution in [0.1, 0.15) is 17.0 Å². The lowest BCUT2D eigenvalue weighted by atomic mass is 10.1. The van der Waals surface area contributed by atoms with Crippen molar-refractivity contribution in [3.8, 4) is 0 Å². The van der Waals surface area contributed by atoms with Crippen molar-refractivity contribution in [1.29, 1.82) is 0 Å². The van der Waals surface area contributed by atoms with Crippen molar-refractivity contribution < 1.29 is 4.52 Å². The third-order valence-corrected chi connectivity index (χ3v) is 2.30. The molecule has 0 saturated heterocycles. The molecule has 2 heterocycles. The number of rotatable bonds is 1. The Morgan fingerprint density at radius 1 is 1.67 bits per heavy atom. The number of hydrogen-bond acceptors (Lipinski definition) is 4. The van der Waals surface area contributed by atoms with Gasteiger partial charge in [-0.3, -0.25) is 4.90 Å². The Labute approximate surface area is 71.3 Å². The van der Waals surface area contributed by atoms with Crippen molar-refractivity contribution in [3.05, 3.63) is 17.0 Å². The van der Waals surface area contributed by atoms with E-state index >= 15 is 0 Å². The van der Waals surface area contributed by atoms with Crippen LogP contribution >= 0.6 is 0 Å². The van der Waals surface area contributed by atoms with E-state index in [1.807, 2.05) is 0 Å². The fourth-order valence-electron chi connectivity index (χ4n) is 1.58. The Hall–Kier alpha value is -0.870. The van der Waals surface area contributed by atoms with Crippen LogP contribution in [0.4, 0.5) is 0 Å². The van der Waals surface area contributed by atoms with Crippen LogP contribution in [0.5, 0.6) is 0 Å². The van der Waals surface area contributed by atoms with Gasteiger partial charge in [-0.15, -0.1) is 0 Å². The zero-order valence-electron chi connectivity index (χ0n) is 7.21. The summed E-state index contributed by atoms with van der Waals surface area (Å²) in [5.41, 5.74) is 7.68. The third kappa shape index (κ3) is 1.13. The molecule has 0 unspecified atom stereocenters. The molecule has 0 atom stereocenters.